The molecular formula is C17H21N3O3S. The predicted octanol–water partition coefficient (Wildman–Crippen LogP) is 2.74. The van der Waals surface area contributed by atoms with Gasteiger partial charge in [-0.15, -0.1) is 0 Å². The van der Waals surface area contributed by atoms with Crippen molar-refractivity contribution >= 4 is 16.7 Å². The number of pyridine rings is 1. The number of carbonyl (C=O) groups is 1. The smallest absolute Gasteiger partial charge is 0.255 e. The highest BCUT2D eigenvalue weighted by atomic mass is 32.2. The van der Waals surface area contributed by atoms with E-state index in [1.165, 1.54) is 6.20 Å². The van der Waals surface area contributed by atoms with Crippen molar-refractivity contribution in [3.05, 3.63) is 41.7 Å². The van der Waals surface area contributed by atoms with Crippen molar-refractivity contribution in [2.75, 3.05) is 13.1 Å². The normalized spacial score (nSPS) is 15.9. The molecule has 128 valence electrons. The molecule has 0 aromatic carbocycles. The molecule has 0 saturated carbocycles. The van der Waals surface area contributed by atoms with E-state index in [0.717, 1.165) is 31.7 Å². The summed E-state index contributed by atoms with van der Waals surface area (Å²) in [6.45, 7) is 5.63. The zero-order valence-electron chi connectivity index (χ0n) is 13.9. The monoisotopic (exact) mass is 347 g/mol. The molecule has 1 fully saturated rings. The van der Waals surface area contributed by atoms with Crippen LogP contribution in [-0.2, 0) is 16.6 Å². The molecule has 1 aliphatic heterocycles. The van der Waals surface area contributed by atoms with E-state index in [9.17, 15) is 9.00 Å². The highest BCUT2D eigenvalue weighted by Crippen LogP contribution is 2.18. The second-order valence-electron chi connectivity index (χ2n) is 6.19. The summed E-state index contributed by atoms with van der Waals surface area (Å²) in [7, 11) is -1.35. The first-order chi connectivity index (χ1) is 11.5. The van der Waals surface area contributed by atoms with Crippen LogP contribution >= 0.6 is 0 Å². The minimum atomic E-state index is -1.35. The maximum absolute atomic E-state index is 12.4. The molecule has 0 aliphatic carbocycles. The molecular weight excluding hydrogens is 326 g/mol. The number of carbonyl (C=O) groups excluding carboxylic acids is 1. The first-order valence-electron chi connectivity index (χ1n) is 8.13. The van der Waals surface area contributed by atoms with Gasteiger partial charge in [-0.3, -0.25) is 9.00 Å². The fourth-order valence-electron chi connectivity index (χ4n) is 2.59. The van der Waals surface area contributed by atoms with Gasteiger partial charge in [0.05, 0.1) is 22.6 Å². The molecule has 24 heavy (non-hydrogen) atoms. The van der Waals surface area contributed by atoms with Crippen LogP contribution in [0.25, 0.3) is 0 Å². The molecule has 1 atom stereocenters. The average molecular weight is 347 g/mol. The standard InChI is InChI=1S/C17H21N3O3S/c1-12(2)14-10-18-15(23-14)11-24(22)16-6-5-13(9-19-16)17(21)20-7-3-4-8-20/h5-6,9-10,12H,3-4,7-8,11H2,1-2H3/t24-/m1/s1. The van der Waals surface area contributed by atoms with Crippen molar-refractivity contribution in [3.8, 4) is 0 Å². The number of likely N-dealkylation sites (tertiary alicyclic amines) is 1. The lowest BCUT2D eigenvalue weighted by Gasteiger charge is -2.14. The minimum Gasteiger partial charge on any atom is -0.444 e. The van der Waals surface area contributed by atoms with Crippen molar-refractivity contribution in [1.29, 1.82) is 0 Å². The summed E-state index contributed by atoms with van der Waals surface area (Å²) in [5.41, 5.74) is 0.538. The van der Waals surface area contributed by atoms with Gasteiger partial charge in [0.25, 0.3) is 5.91 Å². The zero-order chi connectivity index (χ0) is 17.1. The Kier molecular flexibility index (Phi) is 5.08. The number of aromatic nitrogens is 2. The van der Waals surface area contributed by atoms with E-state index in [0.29, 0.717) is 16.5 Å². The second-order valence-corrected chi connectivity index (χ2v) is 7.58. The van der Waals surface area contributed by atoms with E-state index < -0.39 is 10.8 Å². The molecule has 2 aromatic heterocycles. The van der Waals surface area contributed by atoms with Crippen molar-refractivity contribution in [1.82, 2.24) is 14.9 Å². The Morgan fingerprint density at radius 2 is 2.00 bits per heavy atom. The Morgan fingerprint density at radius 3 is 2.58 bits per heavy atom. The lowest BCUT2D eigenvalue weighted by Crippen LogP contribution is -2.27. The molecule has 7 heteroatoms. The fourth-order valence-corrected chi connectivity index (χ4v) is 3.48. The molecule has 2 aromatic rings. The van der Waals surface area contributed by atoms with Crippen LogP contribution in [-0.4, -0.2) is 38.1 Å². The summed E-state index contributed by atoms with van der Waals surface area (Å²) in [6, 6.07) is 3.34. The molecule has 0 unspecified atom stereocenters. The number of amides is 1. The molecule has 1 aliphatic rings. The van der Waals surface area contributed by atoms with Gasteiger partial charge in [-0.25, -0.2) is 9.97 Å². The topological polar surface area (TPSA) is 76.3 Å². The third-order valence-corrected chi connectivity index (χ3v) is 5.22. The molecule has 6 nitrogen and oxygen atoms in total. The number of rotatable bonds is 5. The Hall–Kier alpha value is -2.02. The summed E-state index contributed by atoms with van der Waals surface area (Å²) >= 11 is 0. The maximum Gasteiger partial charge on any atom is 0.255 e. The van der Waals surface area contributed by atoms with Gasteiger partial charge in [0.15, 0.2) is 0 Å². The SMILES string of the molecule is CC(C)c1cnc(C[S@@](=O)c2ccc(C(=O)N3CCCC3)cn2)o1. The molecule has 3 heterocycles. The van der Waals surface area contributed by atoms with Crippen molar-refractivity contribution < 1.29 is 13.4 Å². The van der Waals surface area contributed by atoms with Gasteiger partial charge in [-0.05, 0) is 25.0 Å². The first kappa shape index (κ1) is 16.8. The Morgan fingerprint density at radius 1 is 1.25 bits per heavy atom. The van der Waals surface area contributed by atoms with Crippen molar-refractivity contribution in [2.45, 2.75) is 43.4 Å². The van der Waals surface area contributed by atoms with Crippen LogP contribution in [0.15, 0.2) is 34.0 Å². The van der Waals surface area contributed by atoms with E-state index in [4.69, 9.17) is 4.42 Å². The molecule has 3 rings (SSSR count). The summed E-state index contributed by atoms with van der Waals surface area (Å²) < 4.78 is 18.0. The Balaban J connectivity index is 1.65. The van der Waals surface area contributed by atoms with E-state index in [1.54, 1.807) is 18.3 Å². The summed E-state index contributed by atoms with van der Waals surface area (Å²) in [5.74, 6) is 1.64. The summed E-state index contributed by atoms with van der Waals surface area (Å²) in [6.07, 6.45) is 5.27. The Labute approximate surface area is 143 Å². The molecule has 1 saturated heterocycles. The highest BCUT2D eigenvalue weighted by Gasteiger charge is 2.20. The lowest BCUT2D eigenvalue weighted by atomic mass is 10.2. The van der Waals surface area contributed by atoms with Crippen LogP contribution < -0.4 is 0 Å². The summed E-state index contributed by atoms with van der Waals surface area (Å²) in [5, 5.41) is 0.428. The van der Waals surface area contributed by atoms with E-state index in [1.807, 2.05) is 18.7 Å². The van der Waals surface area contributed by atoms with Crippen LogP contribution in [0.2, 0.25) is 0 Å². The lowest BCUT2D eigenvalue weighted by molar-refractivity contribution is 0.0792. The number of oxazole rings is 1. The fraction of sp³-hybridized carbons (Fsp3) is 0.471. The second kappa shape index (κ2) is 7.25. The number of nitrogens with zero attached hydrogens (tertiary/aromatic N) is 3. The Bertz CT molecular complexity index is 734. The van der Waals surface area contributed by atoms with Crippen LogP contribution in [0.4, 0.5) is 0 Å². The molecule has 0 radical (unpaired) electrons. The van der Waals surface area contributed by atoms with Crippen molar-refractivity contribution in [2.24, 2.45) is 0 Å². The van der Waals surface area contributed by atoms with Crippen LogP contribution in [0.3, 0.4) is 0 Å². The van der Waals surface area contributed by atoms with Gasteiger partial charge >= 0.3 is 0 Å². The molecule has 1 amide bonds. The van der Waals surface area contributed by atoms with Gasteiger partial charge in [0.2, 0.25) is 5.89 Å². The summed E-state index contributed by atoms with van der Waals surface area (Å²) in [4.78, 5) is 22.4. The van der Waals surface area contributed by atoms with Crippen LogP contribution in [0.1, 0.15) is 54.6 Å². The first-order valence-corrected chi connectivity index (χ1v) is 9.45. The van der Waals surface area contributed by atoms with Gasteiger partial charge < -0.3 is 9.32 Å². The third-order valence-electron chi connectivity index (χ3n) is 4.00. The third kappa shape index (κ3) is 3.72. The number of hydrogen-bond donors (Lipinski definition) is 0. The minimum absolute atomic E-state index is 0.00777. The largest absolute Gasteiger partial charge is 0.444 e. The van der Waals surface area contributed by atoms with E-state index in [-0.39, 0.29) is 17.6 Å². The van der Waals surface area contributed by atoms with Gasteiger partial charge in [-0.2, -0.15) is 0 Å². The zero-order valence-corrected chi connectivity index (χ0v) is 14.7. The number of hydrogen-bond acceptors (Lipinski definition) is 5. The van der Waals surface area contributed by atoms with Gasteiger partial charge in [-0.1, -0.05) is 13.8 Å². The van der Waals surface area contributed by atoms with E-state index in [2.05, 4.69) is 9.97 Å². The van der Waals surface area contributed by atoms with Crippen molar-refractivity contribution in [3.63, 3.8) is 0 Å². The molecule has 0 spiro atoms. The average Bonchev–Trinajstić information content (AvgIpc) is 3.26. The molecule has 0 N–H and O–H groups in total. The molecule has 0 bridgehead atoms. The van der Waals surface area contributed by atoms with Gasteiger partial charge in [0.1, 0.15) is 16.5 Å². The van der Waals surface area contributed by atoms with Gasteiger partial charge in [0, 0.05) is 25.2 Å². The van der Waals surface area contributed by atoms with Crippen LogP contribution in [0, 0.1) is 0 Å². The quantitative estimate of drug-likeness (QED) is 0.831. The predicted molar refractivity (Wildman–Crippen MR) is 90.1 cm³/mol. The van der Waals surface area contributed by atoms with E-state index >= 15 is 0 Å². The maximum atomic E-state index is 12.4. The van der Waals surface area contributed by atoms with Crippen LogP contribution in [0.5, 0.6) is 0 Å². The highest BCUT2D eigenvalue weighted by molar-refractivity contribution is 7.84.